The van der Waals surface area contributed by atoms with Crippen LogP contribution < -0.4 is 15.2 Å². The molecule has 1 aromatic carbocycles. The Balaban J connectivity index is 2.37. The molecular weight excluding hydrogens is 270 g/mol. The fourth-order valence-corrected chi connectivity index (χ4v) is 2.34. The minimum atomic E-state index is -0.0287. The van der Waals surface area contributed by atoms with Crippen molar-refractivity contribution in [1.82, 2.24) is 0 Å². The second-order valence-corrected chi connectivity index (χ2v) is 5.26. The molecular formula is C12H16BrNO2. The van der Waals surface area contributed by atoms with Gasteiger partial charge in [-0.25, -0.2) is 0 Å². The summed E-state index contributed by atoms with van der Waals surface area (Å²) in [7, 11) is 3.30. The van der Waals surface area contributed by atoms with E-state index in [-0.39, 0.29) is 5.54 Å². The highest BCUT2D eigenvalue weighted by Crippen LogP contribution is 2.41. The largest absolute Gasteiger partial charge is 0.493 e. The number of rotatable bonds is 4. The molecule has 0 spiro atoms. The van der Waals surface area contributed by atoms with Gasteiger partial charge in [0.1, 0.15) is 0 Å². The minimum absolute atomic E-state index is 0.0287. The minimum Gasteiger partial charge on any atom is -0.493 e. The van der Waals surface area contributed by atoms with Gasteiger partial charge in [-0.1, -0.05) is 15.9 Å². The van der Waals surface area contributed by atoms with E-state index in [1.165, 1.54) is 0 Å². The summed E-state index contributed by atoms with van der Waals surface area (Å²) in [4.78, 5) is 0. The van der Waals surface area contributed by atoms with Crippen molar-refractivity contribution < 1.29 is 9.47 Å². The Labute approximate surface area is 104 Å². The lowest BCUT2D eigenvalue weighted by Gasteiger charge is -2.16. The van der Waals surface area contributed by atoms with Gasteiger partial charge in [-0.2, -0.15) is 0 Å². The third-order valence-electron chi connectivity index (χ3n) is 2.96. The smallest absolute Gasteiger partial charge is 0.164 e. The average Bonchev–Trinajstić information content (AvgIpc) is 2.95. The van der Waals surface area contributed by atoms with E-state index in [1.807, 2.05) is 12.1 Å². The van der Waals surface area contributed by atoms with Gasteiger partial charge in [-0.3, -0.25) is 0 Å². The predicted octanol–water partition coefficient (Wildman–Crippen LogP) is 2.50. The molecule has 0 amide bonds. The first-order valence-corrected chi connectivity index (χ1v) is 6.06. The quantitative estimate of drug-likeness (QED) is 0.925. The molecule has 0 radical (unpaired) electrons. The Kier molecular flexibility index (Phi) is 3.13. The maximum atomic E-state index is 6.13. The third-order valence-corrected chi connectivity index (χ3v) is 3.41. The first kappa shape index (κ1) is 11.7. The number of hydrogen-bond acceptors (Lipinski definition) is 3. The lowest BCUT2D eigenvalue weighted by Crippen LogP contribution is -2.24. The van der Waals surface area contributed by atoms with Crippen LogP contribution in [-0.4, -0.2) is 19.8 Å². The van der Waals surface area contributed by atoms with Crippen molar-refractivity contribution in [2.45, 2.75) is 24.8 Å². The zero-order chi connectivity index (χ0) is 11.8. The molecule has 88 valence electrons. The summed E-state index contributed by atoms with van der Waals surface area (Å²) >= 11 is 3.47. The average molecular weight is 286 g/mol. The summed E-state index contributed by atoms with van der Waals surface area (Å²) in [6, 6.07) is 3.95. The second-order valence-electron chi connectivity index (χ2n) is 4.34. The zero-order valence-corrected chi connectivity index (χ0v) is 11.1. The molecule has 0 heterocycles. The number of methoxy groups -OCH3 is 2. The third kappa shape index (κ3) is 2.33. The van der Waals surface area contributed by atoms with Gasteiger partial charge < -0.3 is 15.2 Å². The molecule has 1 fully saturated rings. The van der Waals surface area contributed by atoms with Gasteiger partial charge in [0.25, 0.3) is 0 Å². The van der Waals surface area contributed by atoms with Crippen LogP contribution in [0.15, 0.2) is 16.6 Å². The van der Waals surface area contributed by atoms with Crippen LogP contribution in [0.1, 0.15) is 18.4 Å². The van der Waals surface area contributed by atoms with E-state index in [4.69, 9.17) is 15.2 Å². The molecule has 2 N–H and O–H groups in total. The van der Waals surface area contributed by atoms with E-state index >= 15 is 0 Å². The highest BCUT2D eigenvalue weighted by Gasteiger charge is 2.39. The van der Waals surface area contributed by atoms with Crippen LogP contribution in [0.25, 0.3) is 0 Å². The van der Waals surface area contributed by atoms with Gasteiger partial charge in [0.15, 0.2) is 11.5 Å². The SMILES string of the molecule is COc1cc(Br)cc(CC2(N)CC2)c1OC. The van der Waals surface area contributed by atoms with Crippen molar-refractivity contribution in [1.29, 1.82) is 0 Å². The van der Waals surface area contributed by atoms with E-state index in [2.05, 4.69) is 15.9 Å². The molecule has 0 aliphatic heterocycles. The van der Waals surface area contributed by atoms with Crippen LogP contribution in [0.5, 0.6) is 11.5 Å². The molecule has 3 nitrogen and oxygen atoms in total. The molecule has 0 unspecified atom stereocenters. The standard InChI is InChI=1S/C12H16BrNO2/c1-15-10-6-9(13)5-8(11(10)16-2)7-12(14)3-4-12/h5-6H,3-4,7,14H2,1-2H3. The van der Waals surface area contributed by atoms with E-state index in [9.17, 15) is 0 Å². The van der Waals surface area contributed by atoms with Crippen molar-refractivity contribution in [3.8, 4) is 11.5 Å². The monoisotopic (exact) mass is 285 g/mol. The highest BCUT2D eigenvalue weighted by molar-refractivity contribution is 9.10. The van der Waals surface area contributed by atoms with Crippen LogP contribution in [0, 0.1) is 0 Å². The molecule has 0 atom stereocenters. The summed E-state index contributed by atoms with van der Waals surface area (Å²) in [5, 5.41) is 0. The number of hydrogen-bond donors (Lipinski definition) is 1. The van der Waals surface area contributed by atoms with Crippen molar-refractivity contribution in [3.05, 3.63) is 22.2 Å². The van der Waals surface area contributed by atoms with Gasteiger partial charge in [0.05, 0.1) is 14.2 Å². The molecule has 1 aliphatic carbocycles. The summed E-state index contributed by atoms with van der Waals surface area (Å²) in [5.74, 6) is 1.54. The van der Waals surface area contributed by atoms with E-state index in [1.54, 1.807) is 14.2 Å². The second kappa shape index (κ2) is 4.26. The van der Waals surface area contributed by atoms with Gasteiger partial charge in [-0.15, -0.1) is 0 Å². The molecule has 1 aromatic rings. The first-order chi connectivity index (χ1) is 7.58. The van der Waals surface area contributed by atoms with Crippen LogP contribution in [0.4, 0.5) is 0 Å². The summed E-state index contributed by atoms with van der Waals surface area (Å²) in [6.07, 6.45) is 3.02. The van der Waals surface area contributed by atoms with Crippen molar-refractivity contribution >= 4 is 15.9 Å². The Morgan fingerprint density at radius 1 is 1.31 bits per heavy atom. The molecule has 4 heteroatoms. The van der Waals surface area contributed by atoms with Gasteiger partial charge in [0, 0.05) is 15.6 Å². The predicted molar refractivity (Wildman–Crippen MR) is 67.1 cm³/mol. The van der Waals surface area contributed by atoms with Crippen molar-refractivity contribution in [2.24, 2.45) is 5.73 Å². The molecule has 1 aliphatic rings. The Morgan fingerprint density at radius 3 is 2.50 bits per heavy atom. The maximum absolute atomic E-state index is 6.13. The Morgan fingerprint density at radius 2 is 2.00 bits per heavy atom. The zero-order valence-electron chi connectivity index (χ0n) is 9.55. The molecule has 2 rings (SSSR count). The summed E-state index contributed by atoms with van der Waals surface area (Å²) in [6.45, 7) is 0. The van der Waals surface area contributed by atoms with Gasteiger partial charge in [-0.05, 0) is 31.4 Å². The highest BCUT2D eigenvalue weighted by atomic mass is 79.9. The van der Waals surface area contributed by atoms with E-state index in [0.29, 0.717) is 0 Å². The van der Waals surface area contributed by atoms with Crippen LogP contribution in [0.2, 0.25) is 0 Å². The number of nitrogens with two attached hydrogens (primary N) is 1. The fourth-order valence-electron chi connectivity index (χ4n) is 1.85. The van der Waals surface area contributed by atoms with Crippen molar-refractivity contribution in [2.75, 3.05) is 14.2 Å². The Bertz CT molecular complexity index is 402. The summed E-state index contributed by atoms with van der Waals surface area (Å²) in [5.41, 5.74) is 7.21. The van der Waals surface area contributed by atoms with Crippen molar-refractivity contribution in [3.63, 3.8) is 0 Å². The number of benzene rings is 1. The topological polar surface area (TPSA) is 44.5 Å². The normalized spacial score (nSPS) is 17.0. The maximum Gasteiger partial charge on any atom is 0.164 e. The molecule has 16 heavy (non-hydrogen) atoms. The lowest BCUT2D eigenvalue weighted by atomic mass is 10.0. The van der Waals surface area contributed by atoms with Gasteiger partial charge in [0.2, 0.25) is 0 Å². The van der Waals surface area contributed by atoms with Crippen LogP contribution >= 0.6 is 15.9 Å². The van der Waals surface area contributed by atoms with Crippen LogP contribution in [0.3, 0.4) is 0 Å². The van der Waals surface area contributed by atoms with E-state index in [0.717, 1.165) is 40.8 Å². The number of halogens is 1. The van der Waals surface area contributed by atoms with E-state index < -0.39 is 0 Å². The molecule has 1 saturated carbocycles. The lowest BCUT2D eigenvalue weighted by molar-refractivity contribution is 0.350. The van der Waals surface area contributed by atoms with Gasteiger partial charge >= 0.3 is 0 Å². The molecule has 0 bridgehead atoms. The molecule has 0 aromatic heterocycles. The first-order valence-electron chi connectivity index (χ1n) is 5.27. The molecule has 0 saturated heterocycles. The fraction of sp³-hybridized carbons (Fsp3) is 0.500. The number of ether oxygens (including phenoxy) is 2. The summed E-state index contributed by atoms with van der Waals surface area (Å²) < 4.78 is 11.7. The van der Waals surface area contributed by atoms with Crippen LogP contribution in [-0.2, 0) is 6.42 Å². The Hall–Kier alpha value is -0.740.